The zero-order valence-corrected chi connectivity index (χ0v) is 15.3. The fraction of sp³-hybridized carbons (Fsp3) is 0.333. The average molecular weight is 361 g/mol. The molecule has 0 aliphatic heterocycles. The van der Waals surface area contributed by atoms with Gasteiger partial charge in [-0.1, -0.05) is 26.7 Å². The van der Waals surface area contributed by atoms with Crippen LogP contribution in [0.1, 0.15) is 37.8 Å². The van der Waals surface area contributed by atoms with Crippen molar-refractivity contribution in [3.63, 3.8) is 0 Å². The Hall–Kier alpha value is -2.25. The summed E-state index contributed by atoms with van der Waals surface area (Å²) in [6, 6.07) is 9.44. The van der Waals surface area contributed by atoms with E-state index in [-0.39, 0.29) is 4.90 Å². The Morgan fingerprint density at radius 2 is 1.40 bits per heavy atom. The van der Waals surface area contributed by atoms with Crippen LogP contribution in [0.4, 0.5) is 17.1 Å². The Kier molecular flexibility index (Phi) is 6.27. The number of nitrogen functional groups attached to an aromatic ring is 1. The molecule has 0 unspecified atom stereocenters. The van der Waals surface area contributed by atoms with Gasteiger partial charge in [-0.2, -0.15) is 18.6 Å². The molecule has 0 heterocycles. The highest BCUT2D eigenvalue weighted by Gasteiger charge is 2.09. The second-order valence-electron chi connectivity index (χ2n) is 5.85. The van der Waals surface area contributed by atoms with Crippen LogP contribution in [0.25, 0.3) is 0 Å². The molecule has 0 aromatic heterocycles. The minimum Gasteiger partial charge on any atom is -0.398 e. The summed E-state index contributed by atoms with van der Waals surface area (Å²) in [4.78, 5) is -0.172. The molecule has 25 heavy (non-hydrogen) atoms. The first-order valence-corrected chi connectivity index (χ1v) is 9.69. The van der Waals surface area contributed by atoms with Gasteiger partial charge in [0.05, 0.1) is 16.3 Å². The molecule has 0 atom stereocenters. The van der Waals surface area contributed by atoms with Crippen molar-refractivity contribution in [1.29, 1.82) is 0 Å². The summed E-state index contributed by atoms with van der Waals surface area (Å²) >= 11 is 0. The lowest BCUT2D eigenvalue weighted by molar-refractivity contribution is 0.483. The first kappa shape index (κ1) is 19.1. The lowest BCUT2D eigenvalue weighted by Crippen LogP contribution is -2.00. The Morgan fingerprint density at radius 3 is 1.84 bits per heavy atom. The van der Waals surface area contributed by atoms with E-state index < -0.39 is 10.1 Å². The fourth-order valence-corrected chi connectivity index (χ4v) is 3.05. The molecule has 7 heteroatoms. The van der Waals surface area contributed by atoms with Gasteiger partial charge in [0, 0.05) is 5.69 Å². The quantitative estimate of drug-likeness (QED) is 0.418. The molecule has 0 spiro atoms. The number of hydrogen-bond donors (Lipinski definition) is 2. The van der Waals surface area contributed by atoms with Gasteiger partial charge in [0.2, 0.25) is 0 Å². The largest absolute Gasteiger partial charge is 0.398 e. The van der Waals surface area contributed by atoms with E-state index in [0.29, 0.717) is 5.69 Å². The van der Waals surface area contributed by atoms with E-state index in [1.54, 1.807) is 0 Å². The lowest BCUT2D eigenvalue weighted by Gasteiger charge is -2.11. The molecule has 3 N–H and O–H groups in total. The molecule has 0 radical (unpaired) electrons. The van der Waals surface area contributed by atoms with E-state index in [0.717, 1.165) is 48.2 Å². The minimum absolute atomic E-state index is 0.172. The third kappa shape index (κ3) is 5.11. The van der Waals surface area contributed by atoms with Crippen molar-refractivity contribution in [2.45, 2.75) is 44.4 Å². The number of azo groups is 1. The van der Waals surface area contributed by atoms with Gasteiger partial charge in [-0.25, -0.2) is 0 Å². The van der Waals surface area contributed by atoms with Crippen molar-refractivity contribution < 1.29 is 13.0 Å². The number of nitrogens with zero attached hydrogens (tertiary/aromatic N) is 2. The highest BCUT2D eigenvalue weighted by Crippen LogP contribution is 2.29. The van der Waals surface area contributed by atoms with Crippen LogP contribution in [0.5, 0.6) is 0 Å². The Morgan fingerprint density at radius 1 is 0.920 bits per heavy atom. The van der Waals surface area contributed by atoms with Crippen LogP contribution in [0.3, 0.4) is 0 Å². The maximum absolute atomic E-state index is 11.0. The van der Waals surface area contributed by atoms with Gasteiger partial charge in [-0.05, 0) is 60.4 Å². The number of aryl methyl sites for hydroxylation is 2. The highest BCUT2D eigenvalue weighted by atomic mass is 32.2. The number of hydrogen-bond acceptors (Lipinski definition) is 5. The monoisotopic (exact) mass is 361 g/mol. The van der Waals surface area contributed by atoms with Crippen LogP contribution in [-0.2, 0) is 23.0 Å². The molecule has 6 nitrogen and oxygen atoms in total. The van der Waals surface area contributed by atoms with E-state index in [1.165, 1.54) is 24.3 Å². The molecule has 0 saturated heterocycles. The highest BCUT2D eigenvalue weighted by molar-refractivity contribution is 7.85. The summed E-state index contributed by atoms with van der Waals surface area (Å²) in [5.74, 6) is 0. The molecule has 0 aliphatic rings. The zero-order valence-electron chi connectivity index (χ0n) is 14.4. The third-order valence-electron chi connectivity index (χ3n) is 3.79. The molecule has 0 bridgehead atoms. The van der Waals surface area contributed by atoms with Crippen LogP contribution < -0.4 is 5.73 Å². The van der Waals surface area contributed by atoms with Crippen molar-refractivity contribution in [1.82, 2.24) is 0 Å². The van der Waals surface area contributed by atoms with Crippen LogP contribution in [0.2, 0.25) is 0 Å². The molecule has 2 aromatic rings. The average Bonchev–Trinajstić information content (AvgIpc) is 2.57. The SMILES string of the molecule is CCCc1cc(N=Nc2ccc(S(=O)(=O)O)cc2)cc(CCC)c1N. The van der Waals surface area contributed by atoms with E-state index in [2.05, 4.69) is 24.1 Å². The van der Waals surface area contributed by atoms with Gasteiger partial charge in [0.15, 0.2) is 0 Å². The van der Waals surface area contributed by atoms with E-state index in [4.69, 9.17) is 10.3 Å². The van der Waals surface area contributed by atoms with E-state index in [9.17, 15) is 8.42 Å². The summed E-state index contributed by atoms with van der Waals surface area (Å²) in [5, 5.41) is 8.39. The molecular weight excluding hydrogens is 338 g/mol. The summed E-state index contributed by atoms with van der Waals surface area (Å²) in [6.45, 7) is 4.20. The molecule has 134 valence electrons. The normalized spacial score (nSPS) is 12.0. The molecule has 2 rings (SSSR count). The maximum atomic E-state index is 11.0. The van der Waals surface area contributed by atoms with Gasteiger partial charge in [0.1, 0.15) is 0 Å². The Labute approximate surface area is 148 Å². The summed E-state index contributed by atoms with van der Waals surface area (Å²) in [5.41, 5.74) is 10.4. The van der Waals surface area contributed by atoms with Crippen molar-refractivity contribution in [3.05, 3.63) is 47.5 Å². The smallest absolute Gasteiger partial charge is 0.294 e. The van der Waals surface area contributed by atoms with Crippen LogP contribution in [-0.4, -0.2) is 13.0 Å². The number of benzene rings is 2. The molecular formula is C18H23N3O3S. The van der Waals surface area contributed by atoms with Crippen molar-refractivity contribution in [2.24, 2.45) is 10.2 Å². The van der Waals surface area contributed by atoms with Gasteiger partial charge < -0.3 is 5.73 Å². The zero-order chi connectivity index (χ0) is 18.4. The number of nitrogens with two attached hydrogens (primary N) is 1. The Balaban J connectivity index is 2.30. The van der Waals surface area contributed by atoms with Crippen molar-refractivity contribution >= 4 is 27.2 Å². The second kappa shape index (κ2) is 8.22. The summed E-state index contributed by atoms with van der Waals surface area (Å²) < 4.78 is 31.1. The third-order valence-corrected chi connectivity index (χ3v) is 4.66. The summed E-state index contributed by atoms with van der Waals surface area (Å²) in [6.07, 6.45) is 3.75. The predicted molar refractivity (Wildman–Crippen MR) is 99.3 cm³/mol. The molecule has 0 amide bonds. The lowest BCUT2D eigenvalue weighted by atomic mass is 9.99. The predicted octanol–water partition coefficient (Wildman–Crippen LogP) is 4.84. The second-order valence-corrected chi connectivity index (χ2v) is 7.27. The topological polar surface area (TPSA) is 105 Å². The number of rotatable bonds is 7. The van der Waals surface area contributed by atoms with E-state index in [1.807, 2.05) is 12.1 Å². The Bertz CT molecular complexity index is 833. The van der Waals surface area contributed by atoms with Crippen LogP contribution in [0, 0.1) is 0 Å². The van der Waals surface area contributed by atoms with E-state index >= 15 is 0 Å². The first-order chi connectivity index (χ1) is 11.8. The van der Waals surface area contributed by atoms with Gasteiger partial charge >= 0.3 is 0 Å². The van der Waals surface area contributed by atoms with Crippen molar-refractivity contribution in [3.8, 4) is 0 Å². The number of anilines is 1. The molecule has 0 aliphatic carbocycles. The van der Waals surface area contributed by atoms with Crippen molar-refractivity contribution in [2.75, 3.05) is 5.73 Å². The van der Waals surface area contributed by atoms with Crippen LogP contribution >= 0.6 is 0 Å². The molecule has 0 fully saturated rings. The first-order valence-electron chi connectivity index (χ1n) is 8.25. The maximum Gasteiger partial charge on any atom is 0.294 e. The van der Waals surface area contributed by atoms with Crippen LogP contribution in [0.15, 0.2) is 51.5 Å². The van der Waals surface area contributed by atoms with Gasteiger partial charge in [0.25, 0.3) is 10.1 Å². The minimum atomic E-state index is -4.20. The molecule has 2 aromatic carbocycles. The summed E-state index contributed by atoms with van der Waals surface area (Å²) in [7, 11) is -4.20. The molecule has 0 saturated carbocycles. The fourth-order valence-electron chi connectivity index (χ4n) is 2.57. The standard InChI is InChI=1S/C18H23N3O3S/c1-3-5-13-11-16(12-14(6-4-2)18(13)19)21-20-15-7-9-17(10-8-15)25(22,23)24/h7-12H,3-6,19H2,1-2H3,(H,22,23,24). The van der Waals surface area contributed by atoms with Gasteiger partial charge in [-0.3, -0.25) is 4.55 Å². The van der Waals surface area contributed by atoms with Gasteiger partial charge in [-0.15, -0.1) is 0 Å².